The maximum absolute atomic E-state index is 10.8. The van der Waals surface area contributed by atoms with Gasteiger partial charge in [0, 0.05) is 18.0 Å². The number of carboxylic acid groups (broad SMARTS) is 1. The van der Waals surface area contributed by atoms with Crippen LogP contribution < -0.4 is 0 Å². The van der Waals surface area contributed by atoms with E-state index in [0.29, 0.717) is 5.69 Å². The molecule has 2 aromatic rings. The van der Waals surface area contributed by atoms with Crippen LogP contribution in [0.5, 0.6) is 0 Å². The summed E-state index contributed by atoms with van der Waals surface area (Å²) < 4.78 is 1.68. The van der Waals surface area contributed by atoms with Crippen molar-refractivity contribution in [3.05, 3.63) is 36.0 Å². The molecule has 1 N–H and O–H groups in total. The van der Waals surface area contributed by atoms with Gasteiger partial charge in [0.25, 0.3) is 0 Å². The number of nitrogens with zero attached hydrogens (tertiary/aromatic N) is 1. The Kier molecular flexibility index (Phi) is 6.71. The van der Waals surface area contributed by atoms with Crippen LogP contribution in [0, 0.1) is 0 Å². The predicted octanol–water partition coefficient (Wildman–Crippen LogP) is 3.93. The number of rotatable bonds is 1. The molecule has 0 saturated heterocycles. The maximum atomic E-state index is 10.8. The van der Waals surface area contributed by atoms with E-state index in [1.54, 1.807) is 17.7 Å². The van der Waals surface area contributed by atoms with E-state index in [2.05, 4.69) is 0 Å². The van der Waals surface area contributed by atoms with Gasteiger partial charge >= 0.3 is 5.97 Å². The normalized spacial score (nSPS) is 8.76. The van der Waals surface area contributed by atoms with Gasteiger partial charge in [-0.1, -0.05) is 45.9 Å². The highest BCUT2D eigenvalue weighted by atomic mass is 16.4. The molecule has 0 aliphatic heterocycles. The second kappa shape index (κ2) is 7.49. The third-order valence-corrected chi connectivity index (χ3v) is 2.17. The summed E-state index contributed by atoms with van der Waals surface area (Å²) in [6, 6.07) is 9.28. The summed E-state index contributed by atoms with van der Waals surface area (Å²) in [5.74, 6) is -0.890. The van der Waals surface area contributed by atoms with E-state index in [1.807, 2.05) is 52.0 Å². The fourth-order valence-corrected chi connectivity index (χ4v) is 1.49. The molecule has 0 spiro atoms. The Labute approximate surface area is 103 Å². The summed E-state index contributed by atoms with van der Waals surface area (Å²) in [6.45, 7) is 8.00. The van der Waals surface area contributed by atoms with Gasteiger partial charge in [0.15, 0.2) is 0 Å². The summed E-state index contributed by atoms with van der Waals surface area (Å²) in [7, 11) is 1.76. The maximum Gasteiger partial charge on any atom is 0.352 e. The number of carboxylic acids is 1. The Bertz CT molecular complexity index is 472. The second-order valence-electron chi connectivity index (χ2n) is 2.95. The van der Waals surface area contributed by atoms with Crippen LogP contribution in [0.3, 0.4) is 0 Å². The van der Waals surface area contributed by atoms with Gasteiger partial charge in [-0.25, -0.2) is 4.79 Å². The quantitative estimate of drug-likeness (QED) is 0.813. The molecule has 0 atom stereocenters. The Morgan fingerprint density at radius 2 is 1.65 bits per heavy atom. The molecule has 0 fully saturated rings. The zero-order valence-corrected chi connectivity index (χ0v) is 11.2. The van der Waals surface area contributed by atoms with Crippen molar-refractivity contribution in [3.63, 3.8) is 0 Å². The minimum Gasteiger partial charge on any atom is -0.477 e. The van der Waals surface area contributed by atoms with Crippen LogP contribution in [-0.2, 0) is 7.05 Å². The lowest BCUT2D eigenvalue weighted by atomic mass is 10.2. The van der Waals surface area contributed by atoms with Gasteiger partial charge in [0.05, 0.1) is 0 Å². The van der Waals surface area contributed by atoms with Gasteiger partial charge in [-0.15, -0.1) is 0 Å². The smallest absolute Gasteiger partial charge is 0.352 e. The second-order valence-corrected chi connectivity index (χ2v) is 2.95. The highest BCUT2D eigenvalue weighted by Gasteiger charge is 2.10. The molecular weight excluding hydrogens is 214 g/mol. The highest BCUT2D eigenvalue weighted by molar-refractivity contribution is 5.94. The molecule has 2 rings (SSSR count). The fourth-order valence-electron chi connectivity index (χ4n) is 1.49. The van der Waals surface area contributed by atoms with Crippen molar-refractivity contribution >= 4 is 16.9 Å². The first-order valence-corrected chi connectivity index (χ1v) is 5.98. The van der Waals surface area contributed by atoms with Crippen LogP contribution in [0.15, 0.2) is 30.3 Å². The van der Waals surface area contributed by atoms with Crippen LogP contribution in [0.4, 0.5) is 0 Å². The minimum atomic E-state index is -0.890. The van der Waals surface area contributed by atoms with Gasteiger partial charge < -0.3 is 9.67 Å². The van der Waals surface area contributed by atoms with Gasteiger partial charge in [-0.3, -0.25) is 0 Å². The van der Waals surface area contributed by atoms with Crippen molar-refractivity contribution in [2.24, 2.45) is 7.05 Å². The summed E-state index contributed by atoms with van der Waals surface area (Å²) in [4.78, 5) is 10.8. The SMILES string of the molecule is CC.CC.Cn1c(C(=O)O)cc2ccccc21. The van der Waals surface area contributed by atoms with Crippen molar-refractivity contribution < 1.29 is 9.90 Å². The molecule has 1 aromatic carbocycles. The van der Waals surface area contributed by atoms with Crippen molar-refractivity contribution in [3.8, 4) is 0 Å². The number of fused-ring (bicyclic) bond motifs is 1. The summed E-state index contributed by atoms with van der Waals surface area (Å²) >= 11 is 0. The first kappa shape index (κ1) is 15.2. The zero-order valence-electron chi connectivity index (χ0n) is 11.2. The predicted molar refractivity (Wildman–Crippen MR) is 72.6 cm³/mol. The van der Waals surface area contributed by atoms with E-state index in [1.165, 1.54) is 0 Å². The number of hydrogen-bond donors (Lipinski definition) is 1. The molecule has 3 nitrogen and oxygen atoms in total. The first-order chi connectivity index (χ1) is 8.20. The Morgan fingerprint density at radius 3 is 2.12 bits per heavy atom. The Hall–Kier alpha value is -1.77. The Balaban J connectivity index is 0.000000581. The monoisotopic (exact) mass is 235 g/mol. The molecule has 0 bridgehead atoms. The molecule has 0 radical (unpaired) electrons. The number of benzene rings is 1. The topological polar surface area (TPSA) is 42.2 Å². The van der Waals surface area contributed by atoms with Crippen LogP contribution >= 0.6 is 0 Å². The van der Waals surface area contributed by atoms with Crippen LogP contribution in [0.2, 0.25) is 0 Å². The number of aryl methyl sites for hydroxylation is 1. The van der Waals surface area contributed by atoms with E-state index in [9.17, 15) is 4.79 Å². The van der Waals surface area contributed by atoms with Crippen LogP contribution in [0.1, 0.15) is 38.2 Å². The lowest BCUT2D eigenvalue weighted by molar-refractivity contribution is 0.0687. The van der Waals surface area contributed by atoms with E-state index < -0.39 is 5.97 Å². The summed E-state index contributed by atoms with van der Waals surface area (Å²) in [5, 5.41) is 9.81. The van der Waals surface area contributed by atoms with Gasteiger partial charge in [0.2, 0.25) is 0 Å². The van der Waals surface area contributed by atoms with Crippen molar-refractivity contribution in [2.45, 2.75) is 27.7 Å². The average molecular weight is 235 g/mol. The molecule has 0 saturated carbocycles. The van der Waals surface area contributed by atoms with Crippen LogP contribution in [0.25, 0.3) is 10.9 Å². The number of aromatic carboxylic acids is 1. The van der Waals surface area contributed by atoms with Gasteiger partial charge in [-0.2, -0.15) is 0 Å². The Morgan fingerprint density at radius 1 is 1.12 bits per heavy atom. The fraction of sp³-hybridized carbons (Fsp3) is 0.357. The minimum absolute atomic E-state index is 0.321. The molecule has 0 unspecified atom stereocenters. The zero-order chi connectivity index (χ0) is 13.4. The first-order valence-electron chi connectivity index (χ1n) is 5.98. The highest BCUT2D eigenvalue weighted by Crippen LogP contribution is 2.17. The molecule has 94 valence electrons. The van der Waals surface area contributed by atoms with Crippen molar-refractivity contribution in [1.82, 2.24) is 4.57 Å². The van der Waals surface area contributed by atoms with Crippen molar-refractivity contribution in [1.29, 1.82) is 0 Å². The molecule has 1 aromatic heterocycles. The van der Waals surface area contributed by atoms with Crippen molar-refractivity contribution in [2.75, 3.05) is 0 Å². The molecule has 17 heavy (non-hydrogen) atoms. The van der Waals surface area contributed by atoms with Gasteiger partial charge in [0.1, 0.15) is 5.69 Å². The molecule has 1 heterocycles. The van der Waals surface area contributed by atoms with Gasteiger partial charge in [-0.05, 0) is 12.1 Å². The van der Waals surface area contributed by atoms with E-state index in [-0.39, 0.29) is 0 Å². The number of hydrogen-bond acceptors (Lipinski definition) is 1. The van der Waals surface area contributed by atoms with E-state index in [0.717, 1.165) is 10.9 Å². The molecule has 0 aliphatic rings. The molecule has 0 amide bonds. The molecule has 0 aliphatic carbocycles. The number of aromatic nitrogens is 1. The lowest BCUT2D eigenvalue weighted by Crippen LogP contribution is -2.03. The van der Waals surface area contributed by atoms with E-state index >= 15 is 0 Å². The van der Waals surface area contributed by atoms with Crippen LogP contribution in [-0.4, -0.2) is 15.6 Å². The number of carbonyl (C=O) groups is 1. The lowest BCUT2D eigenvalue weighted by Gasteiger charge is -1.97. The number of para-hydroxylation sites is 1. The third-order valence-electron chi connectivity index (χ3n) is 2.17. The standard InChI is InChI=1S/C10H9NO2.2C2H6/c1-11-8-5-3-2-4-7(8)6-9(11)10(12)13;2*1-2/h2-6H,1H3,(H,12,13);2*1-2H3. The largest absolute Gasteiger partial charge is 0.477 e. The molecular formula is C14H21NO2. The summed E-state index contributed by atoms with van der Waals surface area (Å²) in [6.07, 6.45) is 0. The summed E-state index contributed by atoms with van der Waals surface area (Å²) in [5.41, 5.74) is 1.26. The molecule has 3 heteroatoms. The van der Waals surface area contributed by atoms with E-state index in [4.69, 9.17) is 5.11 Å². The third kappa shape index (κ3) is 3.34. The average Bonchev–Trinajstić information content (AvgIpc) is 2.73.